The summed E-state index contributed by atoms with van der Waals surface area (Å²) in [4.78, 5) is 0.737. The number of benzene rings is 1. The van der Waals surface area contributed by atoms with Crippen LogP contribution in [0.1, 0.15) is 24.8 Å². The molecule has 0 radical (unpaired) electrons. The largest absolute Gasteiger partial charge is 0.0888 e. The van der Waals surface area contributed by atoms with E-state index < -0.39 is 0 Å². The third-order valence-electron chi connectivity index (χ3n) is 2.95. The number of hydrogen-bond donors (Lipinski definition) is 0. The molecular formula is C12H14Br2. The predicted molar refractivity (Wildman–Crippen MR) is 67.9 cm³/mol. The third-order valence-corrected chi connectivity index (χ3v) is 4.65. The molecule has 0 N–H and O–H groups in total. The first-order valence-corrected chi connectivity index (χ1v) is 6.85. The number of rotatable bonds is 2. The molecule has 2 unspecified atom stereocenters. The Labute approximate surface area is 102 Å². The third kappa shape index (κ3) is 2.60. The molecule has 0 heterocycles. The van der Waals surface area contributed by atoms with Crippen molar-refractivity contribution in [3.05, 3.63) is 34.3 Å². The minimum Gasteiger partial charge on any atom is -0.0888 e. The van der Waals surface area contributed by atoms with E-state index in [0.29, 0.717) is 0 Å². The molecule has 2 atom stereocenters. The van der Waals surface area contributed by atoms with Gasteiger partial charge in [-0.15, -0.1) is 0 Å². The zero-order valence-electron chi connectivity index (χ0n) is 8.05. The summed E-state index contributed by atoms with van der Waals surface area (Å²) in [5.74, 6) is 0.837. The van der Waals surface area contributed by atoms with Gasteiger partial charge in [0.15, 0.2) is 0 Å². The first kappa shape index (κ1) is 10.7. The van der Waals surface area contributed by atoms with Crippen molar-refractivity contribution >= 4 is 31.9 Å². The number of hydrogen-bond acceptors (Lipinski definition) is 0. The minimum absolute atomic E-state index is 0.737. The van der Waals surface area contributed by atoms with E-state index in [1.165, 1.54) is 35.7 Å². The maximum Gasteiger partial charge on any atom is 0.0177 e. The molecule has 0 spiro atoms. The second kappa shape index (κ2) is 4.80. The Hall–Kier alpha value is 0.180. The Kier molecular flexibility index (Phi) is 3.67. The summed E-state index contributed by atoms with van der Waals surface area (Å²) in [7, 11) is 0. The molecule has 1 aliphatic carbocycles. The summed E-state index contributed by atoms with van der Waals surface area (Å²) in [6.07, 6.45) is 5.32. The summed E-state index contributed by atoms with van der Waals surface area (Å²) in [6.45, 7) is 0. The second-order valence-electron chi connectivity index (χ2n) is 4.04. The molecule has 0 bridgehead atoms. The van der Waals surface area contributed by atoms with Crippen molar-refractivity contribution < 1.29 is 0 Å². The first-order chi connectivity index (χ1) is 6.75. The summed E-state index contributed by atoms with van der Waals surface area (Å²) < 4.78 is 1.19. The van der Waals surface area contributed by atoms with Crippen LogP contribution in [0.15, 0.2) is 28.7 Å². The van der Waals surface area contributed by atoms with Crippen LogP contribution in [-0.2, 0) is 6.42 Å². The van der Waals surface area contributed by atoms with Crippen LogP contribution < -0.4 is 0 Å². The van der Waals surface area contributed by atoms with Gasteiger partial charge >= 0.3 is 0 Å². The molecule has 0 amide bonds. The van der Waals surface area contributed by atoms with Crippen molar-refractivity contribution in [2.75, 3.05) is 0 Å². The molecule has 0 aromatic heterocycles. The van der Waals surface area contributed by atoms with Crippen molar-refractivity contribution in [1.82, 2.24) is 0 Å². The van der Waals surface area contributed by atoms with E-state index in [1.807, 2.05) is 0 Å². The van der Waals surface area contributed by atoms with Gasteiger partial charge in [0.25, 0.3) is 0 Å². The number of alkyl halides is 1. The molecule has 1 aromatic carbocycles. The number of halogens is 2. The Morgan fingerprint density at radius 3 is 2.79 bits per heavy atom. The van der Waals surface area contributed by atoms with Gasteiger partial charge in [0.1, 0.15) is 0 Å². The topological polar surface area (TPSA) is 0 Å². The Morgan fingerprint density at radius 2 is 2.14 bits per heavy atom. The van der Waals surface area contributed by atoms with Gasteiger partial charge in [0, 0.05) is 9.30 Å². The molecule has 1 fully saturated rings. The second-order valence-corrected chi connectivity index (χ2v) is 6.13. The maximum atomic E-state index is 3.77. The van der Waals surface area contributed by atoms with E-state index in [4.69, 9.17) is 0 Å². The van der Waals surface area contributed by atoms with Gasteiger partial charge in [0.05, 0.1) is 0 Å². The fourth-order valence-corrected chi connectivity index (χ4v) is 3.41. The van der Waals surface area contributed by atoms with E-state index in [1.54, 1.807) is 0 Å². The van der Waals surface area contributed by atoms with Crippen molar-refractivity contribution in [1.29, 1.82) is 0 Å². The average Bonchev–Trinajstić information content (AvgIpc) is 2.52. The van der Waals surface area contributed by atoms with Gasteiger partial charge in [-0.1, -0.05) is 50.4 Å². The normalized spacial score (nSPS) is 26.7. The lowest BCUT2D eigenvalue weighted by Crippen LogP contribution is -2.09. The van der Waals surface area contributed by atoms with Crippen molar-refractivity contribution in [3.63, 3.8) is 0 Å². The van der Waals surface area contributed by atoms with E-state index in [9.17, 15) is 0 Å². The van der Waals surface area contributed by atoms with Gasteiger partial charge in [-0.05, 0) is 42.9 Å². The molecule has 0 saturated heterocycles. The highest BCUT2D eigenvalue weighted by molar-refractivity contribution is 9.10. The van der Waals surface area contributed by atoms with Crippen molar-refractivity contribution in [3.8, 4) is 0 Å². The van der Waals surface area contributed by atoms with Gasteiger partial charge in [-0.25, -0.2) is 0 Å². The van der Waals surface area contributed by atoms with E-state index >= 15 is 0 Å². The van der Waals surface area contributed by atoms with Gasteiger partial charge in [-0.3, -0.25) is 0 Å². The zero-order chi connectivity index (χ0) is 9.97. The molecule has 0 aliphatic heterocycles. The van der Waals surface area contributed by atoms with Gasteiger partial charge < -0.3 is 0 Å². The van der Waals surface area contributed by atoms with Crippen LogP contribution in [0.4, 0.5) is 0 Å². The lowest BCUT2D eigenvalue weighted by molar-refractivity contribution is 0.562. The highest BCUT2D eigenvalue weighted by Gasteiger charge is 2.24. The van der Waals surface area contributed by atoms with Crippen LogP contribution in [-0.4, -0.2) is 4.83 Å². The molecule has 1 aliphatic rings. The Morgan fingerprint density at radius 1 is 1.29 bits per heavy atom. The maximum absolute atomic E-state index is 3.77. The minimum atomic E-state index is 0.737. The van der Waals surface area contributed by atoms with Crippen LogP contribution in [0.3, 0.4) is 0 Å². The summed E-state index contributed by atoms with van der Waals surface area (Å²) in [5, 5.41) is 0. The molecule has 2 rings (SSSR count). The first-order valence-electron chi connectivity index (χ1n) is 5.14. The van der Waals surface area contributed by atoms with Crippen LogP contribution in [0.5, 0.6) is 0 Å². The van der Waals surface area contributed by atoms with Crippen LogP contribution >= 0.6 is 31.9 Å². The summed E-state index contributed by atoms with van der Waals surface area (Å²) in [6, 6.07) is 8.67. The predicted octanol–water partition coefficient (Wildman–Crippen LogP) is 4.56. The lowest BCUT2D eigenvalue weighted by Gasteiger charge is -2.13. The molecular weight excluding hydrogens is 304 g/mol. The van der Waals surface area contributed by atoms with Gasteiger partial charge in [-0.2, -0.15) is 0 Å². The monoisotopic (exact) mass is 316 g/mol. The van der Waals surface area contributed by atoms with Crippen molar-refractivity contribution in [2.45, 2.75) is 30.5 Å². The molecule has 0 nitrogen and oxygen atoms in total. The average molecular weight is 318 g/mol. The summed E-state index contributed by atoms with van der Waals surface area (Å²) in [5.41, 5.74) is 1.45. The SMILES string of the molecule is Brc1cccc(CC2CCCC2Br)c1. The van der Waals surface area contributed by atoms with E-state index in [2.05, 4.69) is 56.1 Å². The fourth-order valence-electron chi connectivity index (χ4n) is 2.19. The zero-order valence-corrected chi connectivity index (χ0v) is 11.2. The molecule has 14 heavy (non-hydrogen) atoms. The molecule has 2 heteroatoms. The van der Waals surface area contributed by atoms with E-state index in [-0.39, 0.29) is 0 Å². The van der Waals surface area contributed by atoms with Crippen LogP contribution in [0, 0.1) is 5.92 Å². The Balaban J connectivity index is 2.03. The van der Waals surface area contributed by atoms with Crippen LogP contribution in [0.25, 0.3) is 0 Å². The highest BCUT2D eigenvalue weighted by Crippen LogP contribution is 2.34. The highest BCUT2D eigenvalue weighted by atomic mass is 79.9. The fraction of sp³-hybridized carbons (Fsp3) is 0.500. The van der Waals surface area contributed by atoms with E-state index in [0.717, 1.165) is 10.7 Å². The summed E-state index contributed by atoms with van der Waals surface area (Å²) >= 11 is 7.28. The van der Waals surface area contributed by atoms with Gasteiger partial charge in [0.2, 0.25) is 0 Å². The van der Waals surface area contributed by atoms with Crippen molar-refractivity contribution in [2.24, 2.45) is 5.92 Å². The standard InChI is InChI=1S/C12H14Br2/c13-11-5-1-3-9(8-11)7-10-4-2-6-12(10)14/h1,3,5,8,10,12H,2,4,6-7H2. The Bertz CT molecular complexity index is 309. The lowest BCUT2D eigenvalue weighted by atomic mass is 9.98. The molecule has 1 saturated carbocycles. The molecule has 76 valence electrons. The smallest absolute Gasteiger partial charge is 0.0177 e. The molecule has 1 aromatic rings. The van der Waals surface area contributed by atoms with Crippen LogP contribution in [0.2, 0.25) is 0 Å². The quantitative estimate of drug-likeness (QED) is 0.702.